The zero-order chi connectivity index (χ0) is 16.3. The maximum Gasteiger partial charge on any atom is 0.123 e. The molecule has 0 saturated carbocycles. The van der Waals surface area contributed by atoms with E-state index in [1.165, 1.54) is 12.1 Å². The van der Waals surface area contributed by atoms with E-state index in [4.69, 9.17) is 4.74 Å². The van der Waals surface area contributed by atoms with Crippen LogP contribution >= 0.6 is 12.4 Å². The van der Waals surface area contributed by atoms with Crippen molar-refractivity contribution < 1.29 is 14.2 Å². The molecule has 5 heteroatoms. The Morgan fingerprint density at radius 2 is 1.96 bits per heavy atom. The van der Waals surface area contributed by atoms with Crippen LogP contribution < -0.4 is 4.74 Å². The molecule has 0 amide bonds. The van der Waals surface area contributed by atoms with Gasteiger partial charge >= 0.3 is 0 Å². The maximum atomic E-state index is 13.0. The van der Waals surface area contributed by atoms with E-state index in [2.05, 4.69) is 4.90 Å². The van der Waals surface area contributed by atoms with Crippen LogP contribution in [0.25, 0.3) is 0 Å². The number of likely N-dealkylation sites (tertiary alicyclic amines) is 1. The fraction of sp³-hybridized carbons (Fsp3) is 0.368. The van der Waals surface area contributed by atoms with Gasteiger partial charge in [0.15, 0.2) is 0 Å². The number of nitrogens with zero attached hydrogens (tertiary/aromatic N) is 1. The Labute approximate surface area is 148 Å². The number of β-amino-alcohol motifs (C(OH)–C–C–N with tert-alkyl or cyclic N) is 1. The molecular formula is C19H23ClFNO2. The molecule has 0 bridgehead atoms. The second-order valence-corrected chi connectivity index (χ2v) is 6.20. The summed E-state index contributed by atoms with van der Waals surface area (Å²) in [5.41, 5.74) is 1.08. The first-order valence-corrected chi connectivity index (χ1v) is 7.93. The molecule has 1 atom stereocenters. The molecule has 0 aliphatic carbocycles. The van der Waals surface area contributed by atoms with Gasteiger partial charge in [0.05, 0.1) is 7.11 Å². The molecule has 0 spiro atoms. The minimum absolute atomic E-state index is 0. The standard InChI is InChI=1S/C19H22FNO2.ClH/c1-23-18-5-2-4-16(12-18)19(22)10-3-11-21(14-19)13-15-6-8-17(20)9-7-15;/h2,4-9,12,22H,3,10-11,13-14H2,1H3;1H. The Balaban J connectivity index is 0.00000208. The lowest BCUT2D eigenvalue weighted by molar-refractivity contribution is -0.0382. The molecule has 1 N–H and O–H groups in total. The van der Waals surface area contributed by atoms with Gasteiger partial charge in [-0.1, -0.05) is 24.3 Å². The summed E-state index contributed by atoms with van der Waals surface area (Å²) in [5, 5.41) is 11.1. The van der Waals surface area contributed by atoms with E-state index in [9.17, 15) is 9.50 Å². The van der Waals surface area contributed by atoms with Gasteiger partial charge in [-0.2, -0.15) is 0 Å². The van der Waals surface area contributed by atoms with Crippen LogP contribution in [-0.2, 0) is 12.1 Å². The molecule has 1 heterocycles. The van der Waals surface area contributed by atoms with E-state index >= 15 is 0 Å². The fourth-order valence-electron chi connectivity index (χ4n) is 3.25. The summed E-state index contributed by atoms with van der Waals surface area (Å²) in [6.07, 6.45) is 1.66. The Hall–Kier alpha value is -1.62. The van der Waals surface area contributed by atoms with E-state index < -0.39 is 5.60 Å². The molecule has 3 nitrogen and oxygen atoms in total. The number of aliphatic hydroxyl groups is 1. The molecule has 0 aromatic heterocycles. The Kier molecular flexibility index (Phi) is 6.21. The topological polar surface area (TPSA) is 32.7 Å². The van der Waals surface area contributed by atoms with Crippen LogP contribution in [0.5, 0.6) is 5.75 Å². The highest BCUT2D eigenvalue weighted by molar-refractivity contribution is 5.85. The van der Waals surface area contributed by atoms with Crippen molar-refractivity contribution >= 4 is 12.4 Å². The predicted molar refractivity (Wildman–Crippen MR) is 95.0 cm³/mol. The third-order valence-corrected chi connectivity index (χ3v) is 4.48. The van der Waals surface area contributed by atoms with Crippen LogP contribution in [-0.4, -0.2) is 30.2 Å². The van der Waals surface area contributed by atoms with E-state index in [1.807, 2.05) is 24.3 Å². The van der Waals surface area contributed by atoms with Crippen LogP contribution in [0.15, 0.2) is 48.5 Å². The van der Waals surface area contributed by atoms with E-state index in [-0.39, 0.29) is 18.2 Å². The number of methoxy groups -OCH3 is 1. The number of hydrogen-bond donors (Lipinski definition) is 1. The van der Waals surface area contributed by atoms with Gasteiger partial charge in [-0.3, -0.25) is 4.90 Å². The summed E-state index contributed by atoms with van der Waals surface area (Å²) >= 11 is 0. The molecule has 1 aliphatic rings. The minimum atomic E-state index is -0.868. The van der Waals surface area contributed by atoms with Crippen LogP contribution in [0.4, 0.5) is 4.39 Å². The normalized spacial score (nSPS) is 21.1. The van der Waals surface area contributed by atoms with Gasteiger partial charge in [0.2, 0.25) is 0 Å². The fourth-order valence-corrected chi connectivity index (χ4v) is 3.25. The third-order valence-electron chi connectivity index (χ3n) is 4.48. The lowest BCUT2D eigenvalue weighted by atomic mass is 9.85. The molecule has 3 rings (SSSR count). The molecule has 1 fully saturated rings. The van der Waals surface area contributed by atoms with Crippen molar-refractivity contribution in [2.45, 2.75) is 25.0 Å². The number of hydrogen-bond acceptors (Lipinski definition) is 3. The summed E-state index contributed by atoms with van der Waals surface area (Å²) in [4.78, 5) is 2.22. The summed E-state index contributed by atoms with van der Waals surface area (Å²) in [7, 11) is 1.63. The van der Waals surface area contributed by atoms with Gasteiger partial charge in [-0.25, -0.2) is 4.39 Å². The molecule has 0 radical (unpaired) electrons. The van der Waals surface area contributed by atoms with Gasteiger partial charge in [-0.05, 0) is 54.8 Å². The summed E-state index contributed by atoms with van der Waals surface area (Å²) in [5.74, 6) is 0.534. The van der Waals surface area contributed by atoms with Crippen molar-refractivity contribution in [3.05, 3.63) is 65.5 Å². The maximum absolute atomic E-state index is 13.0. The highest BCUT2D eigenvalue weighted by Crippen LogP contribution is 2.33. The van der Waals surface area contributed by atoms with Crippen LogP contribution in [0.3, 0.4) is 0 Å². The number of ether oxygens (including phenoxy) is 1. The Bertz CT molecular complexity index is 665. The highest BCUT2D eigenvalue weighted by Gasteiger charge is 2.35. The van der Waals surface area contributed by atoms with Gasteiger partial charge < -0.3 is 9.84 Å². The minimum Gasteiger partial charge on any atom is -0.497 e. The van der Waals surface area contributed by atoms with Crippen LogP contribution in [0.2, 0.25) is 0 Å². The highest BCUT2D eigenvalue weighted by atomic mass is 35.5. The Morgan fingerprint density at radius 3 is 2.67 bits per heavy atom. The monoisotopic (exact) mass is 351 g/mol. The zero-order valence-electron chi connectivity index (χ0n) is 13.7. The molecule has 24 heavy (non-hydrogen) atoms. The first-order chi connectivity index (χ1) is 11.1. The summed E-state index contributed by atoms with van der Waals surface area (Å²) in [6.45, 7) is 2.22. The average Bonchev–Trinajstić information content (AvgIpc) is 2.57. The molecule has 2 aromatic rings. The zero-order valence-corrected chi connectivity index (χ0v) is 14.6. The van der Waals surface area contributed by atoms with E-state index in [0.717, 1.165) is 36.3 Å². The number of piperidine rings is 1. The second-order valence-electron chi connectivity index (χ2n) is 6.20. The largest absolute Gasteiger partial charge is 0.497 e. The van der Waals surface area contributed by atoms with Crippen LogP contribution in [0, 0.1) is 5.82 Å². The van der Waals surface area contributed by atoms with Crippen molar-refractivity contribution in [3.63, 3.8) is 0 Å². The number of rotatable bonds is 4. The first kappa shape index (κ1) is 18.7. The predicted octanol–water partition coefficient (Wildman–Crippen LogP) is 3.74. The first-order valence-electron chi connectivity index (χ1n) is 7.93. The molecule has 130 valence electrons. The quantitative estimate of drug-likeness (QED) is 0.910. The summed E-state index contributed by atoms with van der Waals surface area (Å²) < 4.78 is 18.3. The van der Waals surface area contributed by atoms with Gasteiger partial charge in [0.25, 0.3) is 0 Å². The second kappa shape index (κ2) is 7.97. The van der Waals surface area contributed by atoms with Crippen molar-refractivity contribution in [1.29, 1.82) is 0 Å². The number of benzene rings is 2. The molecular weight excluding hydrogens is 329 g/mol. The molecule has 2 aromatic carbocycles. The average molecular weight is 352 g/mol. The third kappa shape index (κ3) is 4.26. The lowest BCUT2D eigenvalue weighted by Gasteiger charge is -2.39. The molecule has 1 unspecified atom stereocenters. The number of halogens is 2. The SMILES string of the molecule is COc1cccc(C2(O)CCCN(Cc3ccc(F)cc3)C2)c1.Cl. The van der Waals surface area contributed by atoms with Gasteiger partial charge in [0.1, 0.15) is 17.2 Å². The van der Waals surface area contributed by atoms with Gasteiger partial charge in [0, 0.05) is 13.1 Å². The van der Waals surface area contributed by atoms with Gasteiger partial charge in [-0.15, -0.1) is 12.4 Å². The smallest absolute Gasteiger partial charge is 0.123 e. The van der Waals surface area contributed by atoms with E-state index in [0.29, 0.717) is 13.1 Å². The summed E-state index contributed by atoms with van der Waals surface area (Å²) in [6, 6.07) is 14.2. The van der Waals surface area contributed by atoms with E-state index in [1.54, 1.807) is 19.2 Å². The molecule has 1 saturated heterocycles. The van der Waals surface area contributed by atoms with Crippen molar-refractivity contribution in [3.8, 4) is 5.75 Å². The lowest BCUT2D eigenvalue weighted by Crippen LogP contribution is -2.45. The van der Waals surface area contributed by atoms with Crippen LogP contribution in [0.1, 0.15) is 24.0 Å². The Morgan fingerprint density at radius 1 is 1.21 bits per heavy atom. The molecule has 1 aliphatic heterocycles. The van der Waals surface area contributed by atoms with Crippen molar-refractivity contribution in [2.24, 2.45) is 0 Å². The van der Waals surface area contributed by atoms with Crippen molar-refractivity contribution in [2.75, 3.05) is 20.2 Å². The van der Waals surface area contributed by atoms with Crippen molar-refractivity contribution in [1.82, 2.24) is 4.90 Å².